The Labute approximate surface area is 115 Å². The van der Waals surface area contributed by atoms with Crippen LogP contribution in [-0.4, -0.2) is 19.1 Å². The molecule has 104 valence electrons. The molecule has 0 aliphatic heterocycles. The van der Waals surface area contributed by atoms with Gasteiger partial charge in [-0.2, -0.15) is 0 Å². The second kappa shape index (κ2) is 6.64. The molecule has 0 fully saturated rings. The van der Waals surface area contributed by atoms with Gasteiger partial charge in [0.15, 0.2) is 0 Å². The van der Waals surface area contributed by atoms with Crippen LogP contribution in [0.1, 0.15) is 62.0 Å². The van der Waals surface area contributed by atoms with Crippen molar-refractivity contribution in [2.45, 2.75) is 58.6 Å². The summed E-state index contributed by atoms with van der Waals surface area (Å²) >= 11 is 1.79. The van der Waals surface area contributed by atoms with E-state index in [4.69, 9.17) is 9.72 Å². The van der Waals surface area contributed by atoms with Crippen LogP contribution in [0.3, 0.4) is 0 Å². The number of hydrogen-bond acceptors (Lipinski definition) is 4. The molecule has 3 nitrogen and oxygen atoms in total. The quantitative estimate of drug-likeness (QED) is 0.821. The minimum Gasteiger partial charge on any atom is -0.371 e. The summed E-state index contributed by atoms with van der Waals surface area (Å²) < 4.78 is 5.78. The Morgan fingerprint density at radius 2 is 1.94 bits per heavy atom. The second-order valence-corrected chi connectivity index (χ2v) is 6.00. The maximum absolute atomic E-state index is 5.78. The van der Waals surface area contributed by atoms with E-state index in [1.165, 1.54) is 10.6 Å². The first-order chi connectivity index (χ1) is 8.54. The summed E-state index contributed by atoms with van der Waals surface area (Å²) in [6, 6.07) is 0. The summed E-state index contributed by atoms with van der Waals surface area (Å²) in [4.78, 5) is 6.21. The van der Waals surface area contributed by atoms with Gasteiger partial charge in [0.2, 0.25) is 0 Å². The molecule has 0 radical (unpaired) electrons. The Kier molecular flexibility index (Phi) is 5.76. The van der Waals surface area contributed by atoms with Crippen LogP contribution in [0.5, 0.6) is 0 Å². The minimum absolute atomic E-state index is 0.208. The molecule has 1 rings (SSSR count). The van der Waals surface area contributed by atoms with Gasteiger partial charge in [0.25, 0.3) is 0 Å². The van der Waals surface area contributed by atoms with Crippen LogP contribution in [0.15, 0.2) is 0 Å². The van der Waals surface area contributed by atoms with Gasteiger partial charge in [0, 0.05) is 18.5 Å². The van der Waals surface area contributed by atoms with E-state index in [1.807, 2.05) is 7.05 Å². The lowest BCUT2D eigenvalue weighted by molar-refractivity contribution is -0.0220. The monoisotopic (exact) mass is 270 g/mol. The van der Waals surface area contributed by atoms with Gasteiger partial charge < -0.3 is 10.1 Å². The highest BCUT2D eigenvalue weighted by Crippen LogP contribution is 2.38. The van der Waals surface area contributed by atoms with Crippen molar-refractivity contribution >= 4 is 11.3 Å². The van der Waals surface area contributed by atoms with Crippen molar-refractivity contribution < 1.29 is 4.74 Å². The van der Waals surface area contributed by atoms with E-state index in [9.17, 15) is 0 Å². The van der Waals surface area contributed by atoms with Gasteiger partial charge in [0.05, 0.1) is 5.69 Å². The lowest BCUT2D eigenvalue weighted by atomic mass is 9.98. The van der Waals surface area contributed by atoms with Crippen LogP contribution in [0.2, 0.25) is 0 Å². The SMILES string of the molecule is CCC(CC)(OC)c1nc(C(C)C)c(CNC)s1. The average Bonchev–Trinajstić information content (AvgIpc) is 2.77. The van der Waals surface area contributed by atoms with Crippen LogP contribution < -0.4 is 5.32 Å². The fourth-order valence-corrected chi connectivity index (χ4v) is 3.76. The zero-order chi connectivity index (χ0) is 13.8. The molecule has 0 aliphatic rings. The summed E-state index contributed by atoms with van der Waals surface area (Å²) in [5, 5.41) is 4.36. The van der Waals surface area contributed by atoms with E-state index in [-0.39, 0.29) is 5.60 Å². The average molecular weight is 270 g/mol. The molecule has 0 bridgehead atoms. The third-order valence-corrected chi connectivity index (χ3v) is 4.79. The summed E-state index contributed by atoms with van der Waals surface area (Å²) in [5.41, 5.74) is 1.01. The van der Waals surface area contributed by atoms with Gasteiger partial charge >= 0.3 is 0 Å². The predicted octanol–water partition coefficient (Wildman–Crippen LogP) is 3.65. The van der Waals surface area contributed by atoms with Crippen LogP contribution in [-0.2, 0) is 16.9 Å². The van der Waals surface area contributed by atoms with Gasteiger partial charge in [-0.15, -0.1) is 11.3 Å². The minimum atomic E-state index is -0.208. The zero-order valence-corrected chi connectivity index (χ0v) is 13.3. The van der Waals surface area contributed by atoms with Crippen LogP contribution >= 0.6 is 11.3 Å². The standard InChI is InChI=1S/C14H26N2OS/c1-7-14(8-2,17-6)13-16-12(10(3)4)11(18-13)9-15-5/h10,15H,7-9H2,1-6H3. The fourth-order valence-electron chi connectivity index (χ4n) is 2.23. The largest absolute Gasteiger partial charge is 0.371 e. The van der Waals surface area contributed by atoms with Crippen LogP contribution in [0.25, 0.3) is 0 Å². The molecule has 1 heterocycles. The molecule has 1 aromatic rings. The summed E-state index contributed by atoms with van der Waals surface area (Å²) in [6.07, 6.45) is 1.92. The van der Waals surface area contributed by atoms with Gasteiger partial charge in [0.1, 0.15) is 10.6 Å². The molecule has 0 aromatic carbocycles. The second-order valence-electron chi connectivity index (χ2n) is 4.92. The van der Waals surface area contributed by atoms with Crippen molar-refractivity contribution in [3.05, 3.63) is 15.6 Å². The van der Waals surface area contributed by atoms with E-state index in [0.29, 0.717) is 5.92 Å². The highest BCUT2D eigenvalue weighted by Gasteiger charge is 2.33. The Bertz CT molecular complexity index is 362. The molecular formula is C14H26N2OS. The number of ether oxygens (including phenoxy) is 1. The summed E-state index contributed by atoms with van der Waals surface area (Å²) in [7, 11) is 3.77. The van der Waals surface area contributed by atoms with Crippen molar-refractivity contribution in [1.82, 2.24) is 10.3 Å². The van der Waals surface area contributed by atoms with Gasteiger partial charge in [-0.1, -0.05) is 27.7 Å². The number of nitrogens with zero attached hydrogens (tertiary/aromatic N) is 1. The Hall–Kier alpha value is -0.450. The molecule has 0 saturated heterocycles. The molecule has 1 N–H and O–H groups in total. The molecule has 1 aromatic heterocycles. The molecule has 0 saturated carbocycles. The van der Waals surface area contributed by atoms with Gasteiger partial charge in [-0.25, -0.2) is 4.98 Å². The van der Waals surface area contributed by atoms with Crippen LogP contribution in [0, 0.1) is 0 Å². The van der Waals surface area contributed by atoms with E-state index in [1.54, 1.807) is 18.4 Å². The normalized spacial score (nSPS) is 12.4. The number of rotatable bonds is 7. The van der Waals surface area contributed by atoms with Gasteiger partial charge in [-0.3, -0.25) is 0 Å². The van der Waals surface area contributed by atoms with E-state index >= 15 is 0 Å². The smallest absolute Gasteiger partial charge is 0.125 e. The van der Waals surface area contributed by atoms with Crippen LogP contribution in [0.4, 0.5) is 0 Å². The third kappa shape index (κ3) is 2.92. The first-order valence-electron chi connectivity index (χ1n) is 6.74. The lowest BCUT2D eigenvalue weighted by Gasteiger charge is -2.27. The maximum atomic E-state index is 5.78. The van der Waals surface area contributed by atoms with E-state index in [2.05, 4.69) is 33.0 Å². The number of nitrogens with one attached hydrogen (secondary N) is 1. The van der Waals surface area contributed by atoms with E-state index in [0.717, 1.165) is 24.4 Å². The molecular weight excluding hydrogens is 244 g/mol. The highest BCUT2D eigenvalue weighted by atomic mass is 32.1. The molecule has 0 amide bonds. The molecule has 0 atom stereocenters. The topological polar surface area (TPSA) is 34.1 Å². The predicted molar refractivity (Wildman–Crippen MR) is 78.2 cm³/mol. The summed E-state index contributed by atoms with van der Waals surface area (Å²) in [5.74, 6) is 0.460. The maximum Gasteiger partial charge on any atom is 0.125 e. The Balaban J connectivity index is 3.20. The number of hydrogen-bond donors (Lipinski definition) is 1. The van der Waals surface area contributed by atoms with Gasteiger partial charge in [-0.05, 0) is 25.8 Å². The first kappa shape index (κ1) is 15.6. The third-order valence-electron chi connectivity index (χ3n) is 3.53. The molecule has 4 heteroatoms. The highest BCUT2D eigenvalue weighted by molar-refractivity contribution is 7.11. The molecule has 0 spiro atoms. The van der Waals surface area contributed by atoms with Crippen molar-refractivity contribution in [2.24, 2.45) is 0 Å². The van der Waals surface area contributed by atoms with E-state index < -0.39 is 0 Å². The van der Waals surface area contributed by atoms with Crippen molar-refractivity contribution in [2.75, 3.05) is 14.2 Å². The molecule has 0 unspecified atom stereocenters. The molecule has 18 heavy (non-hydrogen) atoms. The lowest BCUT2D eigenvalue weighted by Crippen LogP contribution is -2.26. The summed E-state index contributed by atoms with van der Waals surface area (Å²) in [6.45, 7) is 9.62. The van der Waals surface area contributed by atoms with Crippen molar-refractivity contribution in [3.8, 4) is 0 Å². The Morgan fingerprint density at radius 1 is 1.33 bits per heavy atom. The number of methoxy groups -OCH3 is 1. The molecule has 0 aliphatic carbocycles. The van der Waals surface area contributed by atoms with Crippen molar-refractivity contribution in [1.29, 1.82) is 0 Å². The van der Waals surface area contributed by atoms with Crippen molar-refractivity contribution in [3.63, 3.8) is 0 Å². The fraction of sp³-hybridized carbons (Fsp3) is 0.786. The Morgan fingerprint density at radius 3 is 2.33 bits per heavy atom. The first-order valence-corrected chi connectivity index (χ1v) is 7.56. The number of thiazole rings is 1. The number of aromatic nitrogens is 1. The zero-order valence-electron chi connectivity index (χ0n) is 12.5.